The van der Waals surface area contributed by atoms with E-state index in [2.05, 4.69) is 28.9 Å². The molecule has 0 saturated carbocycles. The van der Waals surface area contributed by atoms with Gasteiger partial charge in [0.1, 0.15) is 11.4 Å². The molecule has 1 aromatic heterocycles. The molecule has 9 heteroatoms. The maximum Gasteiger partial charge on any atom is 0.435 e. The number of nitrogens with zero attached hydrogens (tertiary/aromatic N) is 2. The topological polar surface area (TPSA) is 112 Å². The zero-order valence-corrected chi connectivity index (χ0v) is 20.9. The van der Waals surface area contributed by atoms with Gasteiger partial charge in [-0.15, -0.1) is 5.10 Å². The molecule has 0 fully saturated rings. The number of aromatic nitrogens is 2. The Bertz CT molecular complexity index is 1360. The highest BCUT2D eigenvalue weighted by Gasteiger charge is 2.32. The monoisotopic (exact) mass is 490 g/mol. The molecule has 0 bridgehead atoms. The summed E-state index contributed by atoms with van der Waals surface area (Å²) in [6.07, 6.45) is 4.13. The van der Waals surface area contributed by atoms with Gasteiger partial charge in [-0.25, -0.2) is 4.79 Å². The highest BCUT2D eigenvalue weighted by molar-refractivity contribution is 6.19. The molecule has 0 atom stereocenters. The third kappa shape index (κ3) is 5.99. The lowest BCUT2D eigenvalue weighted by Crippen LogP contribution is -2.37. The molecule has 0 aliphatic heterocycles. The number of ketones is 1. The van der Waals surface area contributed by atoms with Crippen molar-refractivity contribution in [3.63, 3.8) is 0 Å². The van der Waals surface area contributed by atoms with Crippen molar-refractivity contribution in [3.05, 3.63) is 82.2 Å². The fourth-order valence-electron chi connectivity index (χ4n) is 3.30. The van der Waals surface area contributed by atoms with Crippen LogP contribution in [0.5, 0.6) is 0 Å². The highest BCUT2D eigenvalue weighted by atomic mass is 16.6. The number of Topliss-reactive ketones (excluding diaryl/α,β-unsaturated/α-hetero) is 1. The minimum atomic E-state index is -0.752. The summed E-state index contributed by atoms with van der Waals surface area (Å²) in [7, 11) is 0. The predicted octanol–water partition coefficient (Wildman–Crippen LogP) is 2.64. The van der Waals surface area contributed by atoms with Crippen LogP contribution in [0.4, 0.5) is 10.6 Å². The summed E-state index contributed by atoms with van der Waals surface area (Å²) in [4.78, 5) is 37.4. The smallest absolute Gasteiger partial charge is 0.435 e. The molecule has 0 radical (unpaired) electrons. The summed E-state index contributed by atoms with van der Waals surface area (Å²) in [5.74, 6) is 0.134. The quantitative estimate of drug-likeness (QED) is 0.547. The number of benzene rings is 1. The lowest BCUT2D eigenvalue weighted by Gasteiger charge is -2.24. The fourth-order valence-corrected chi connectivity index (χ4v) is 3.30. The molecule has 1 amide bonds. The van der Waals surface area contributed by atoms with Crippen LogP contribution in [0.15, 0.2) is 66.1 Å². The number of hydrogen-bond donors (Lipinski definition) is 2. The number of rotatable bonds is 8. The Kier molecular flexibility index (Phi) is 7.93. The van der Waals surface area contributed by atoms with E-state index in [1.807, 2.05) is 6.92 Å². The molecule has 0 unspecified atom stereocenters. The van der Waals surface area contributed by atoms with Gasteiger partial charge in [0, 0.05) is 17.3 Å². The number of allylic oxidation sites excluding steroid dienone is 2. The van der Waals surface area contributed by atoms with Crippen LogP contribution in [-0.2, 0) is 14.3 Å². The second kappa shape index (κ2) is 10.9. The average molecular weight is 491 g/mol. The predicted molar refractivity (Wildman–Crippen MR) is 137 cm³/mol. The van der Waals surface area contributed by atoms with Crippen molar-refractivity contribution >= 4 is 36.3 Å². The Morgan fingerprint density at radius 1 is 1.17 bits per heavy atom. The van der Waals surface area contributed by atoms with Gasteiger partial charge in [-0.05, 0) is 58.2 Å². The average Bonchev–Trinajstić information content (AvgIpc) is 3.14. The van der Waals surface area contributed by atoms with Crippen molar-refractivity contribution in [2.24, 2.45) is 0 Å². The summed E-state index contributed by atoms with van der Waals surface area (Å²) in [6, 6.07) is 8.63. The maximum absolute atomic E-state index is 12.8. The Morgan fingerprint density at radius 2 is 1.86 bits per heavy atom. The molecule has 3 rings (SSSR count). The van der Waals surface area contributed by atoms with Gasteiger partial charge in [-0.2, -0.15) is 4.68 Å². The normalized spacial score (nSPS) is 14.2. The van der Waals surface area contributed by atoms with Crippen molar-refractivity contribution < 1.29 is 23.9 Å². The molecule has 2 N–H and O–H groups in total. The number of carbonyl (C=O) groups excluding carboxylic acids is 3. The van der Waals surface area contributed by atoms with E-state index in [0.29, 0.717) is 39.6 Å². The van der Waals surface area contributed by atoms with Gasteiger partial charge in [-0.3, -0.25) is 9.59 Å². The molecule has 36 heavy (non-hydrogen) atoms. The molecule has 0 saturated heterocycles. The molecular weight excluding hydrogens is 460 g/mol. The molecular formula is C27H30N4O5. The van der Waals surface area contributed by atoms with Crippen molar-refractivity contribution in [1.29, 1.82) is 0 Å². The first-order valence-corrected chi connectivity index (χ1v) is 11.4. The number of ether oxygens (including phenoxy) is 2. The van der Waals surface area contributed by atoms with E-state index in [1.54, 1.807) is 69.5 Å². The Labute approximate surface area is 209 Å². The SMILES string of the molecule is C=C1C(=O)C(CN/C=C/C=c2\c(=C)c(NC(=O)c3ccccc3)nn2C(=O)OC(C)(C)C)=C1OCC. The maximum atomic E-state index is 12.8. The van der Waals surface area contributed by atoms with Gasteiger partial charge >= 0.3 is 6.09 Å². The summed E-state index contributed by atoms with van der Waals surface area (Å²) in [5.41, 5.74) is 0.580. The van der Waals surface area contributed by atoms with Crippen molar-refractivity contribution in [2.75, 3.05) is 18.5 Å². The van der Waals surface area contributed by atoms with E-state index in [0.717, 1.165) is 4.68 Å². The highest BCUT2D eigenvalue weighted by Crippen LogP contribution is 2.29. The summed E-state index contributed by atoms with van der Waals surface area (Å²) in [6.45, 7) is 15.5. The van der Waals surface area contributed by atoms with Crippen LogP contribution in [0.1, 0.15) is 38.1 Å². The third-order valence-corrected chi connectivity index (χ3v) is 4.99. The largest absolute Gasteiger partial charge is 0.493 e. The van der Waals surface area contributed by atoms with Crippen LogP contribution in [0.2, 0.25) is 0 Å². The summed E-state index contributed by atoms with van der Waals surface area (Å²) in [5, 5.41) is 10.6. The first-order chi connectivity index (χ1) is 17.0. The molecule has 9 nitrogen and oxygen atoms in total. The van der Waals surface area contributed by atoms with Gasteiger partial charge in [0.25, 0.3) is 5.91 Å². The zero-order valence-electron chi connectivity index (χ0n) is 20.9. The first-order valence-electron chi connectivity index (χ1n) is 11.4. The van der Waals surface area contributed by atoms with E-state index in [4.69, 9.17) is 9.47 Å². The minimum absolute atomic E-state index is 0.132. The number of hydrogen-bond acceptors (Lipinski definition) is 7. The number of anilines is 1. The van der Waals surface area contributed by atoms with Crippen LogP contribution in [0.25, 0.3) is 12.7 Å². The number of amides is 1. The fraction of sp³-hybridized carbons (Fsp3) is 0.259. The third-order valence-electron chi connectivity index (χ3n) is 4.99. The van der Waals surface area contributed by atoms with E-state index in [-0.39, 0.29) is 24.1 Å². The summed E-state index contributed by atoms with van der Waals surface area (Å²) >= 11 is 0. The second-order valence-electron chi connectivity index (χ2n) is 8.88. The van der Waals surface area contributed by atoms with E-state index in [1.165, 1.54) is 0 Å². The lowest BCUT2D eigenvalue weighted by atomic mass is 9.89. The van der Waals surface area contributed by atoms with Crippen LogP contribution < -0.4 is 21.2 Å². The molecule has 188 valence electrons. The molecule has 1 aromatic carbocycles. The second-order valence-corrected chi connectivity index (χ2v) is 8.88. The molecule has 0 spiro atoms. The zero-order chi connectivity index (χ0) is 26.5. The Hall–Kier alpha value is -4.40. The van der Waals surface area contributed by atoms with E-state index < -0.39 is 11.7 Å². The van der Waals surface area contributed by atoms with Gasteiger partial charge in [0.05, 0.1) is 23.1 Å². The van der Waals surface area contributed by atoms with Crippen LogP contribution >= 0.6 is 0 Å². The van der Waals surface area contributed by atoms with Gasteiger partial charge in [0.2, 0.25) is 0 Å². The van der Waals surface area contributed by atoms with Gasteiger partial charge in [0.15, 0.2) is 11.6 Å². The minimum Gasteiger partial charge on any atom is -0.493 e. The van der Waals surface area contributed by atoms with Crippen LogP contribution in [-0.4, -0.2) is 46.3 Å². The van der Waals surface area contributed by atoms with E-state index in [9.17, 15) is 14.4 Å². The van der Waals surface area contributed by atoms with Crippen molar-refractivity contribution in [3.8, 4) is 0 Å². The van der Waals surface area contributed by atoms with Gasteiger partial charge in [-0.1, -0.05) is 31.4 Å². The van der Waals surface area contributed by atoms with E-state index >= 15 is 0 Å². The van der Waals surface area contributed by atoms with Crippen molar-refractivity contribution in [2.45, 2.75) is 33.3 Å². The first kappa shape index (κ1) is 26.2. The van der Waals surface area contributed by atoms with Gasteiger partial charge < -0.3 is 20.1 Å². The summed E-state index contributed by atoms with van der Waals surface area (Å²) < 4.78 is 11.9. The number of carbonyl (C=O) groups is 3. The molecule has 1 heterocycles. The molecule has 1 aliphatic carbocycles. The van der Waals surface area contributed by atoms with Crippen LogP contribution in [0.3, 0.4) is 0 Å². The number of nitrogens with one attached hydrogen (secondary N) is 2. The van der Waals surface area contributed by atoms with Crippen molar-refractivity contribution in [1.82, 2.24) is 15.1 Å². The Balaban J connectivity index is 1.85. The van der Waals surface area contributed by atoms with Crippen LogP contribution in [0, 0.1) is 0 Å². The molecule has 1 aliphatic rings. The Morgan fingerprint density at radius 3 is 2.50 bits per heavy atom. The lowest BCUT2D eigenvalue weighted by molar-refractivity contribution is -0.114. The standard InChI is InChI=1S/C27H30N4O5/c1-7-35-23-18(3)22(32)20(23)16-28-15-11-14-21-17(2)24(29-25(33)19-12-9-8-10-13-19)30-31(21)26(34)36-27(4,5)6/h8-15,28H,2-3,7,16H2,1,4-6H3,(H,29,30,33)/b15-11+,21-14+. The molecule has 2 aromatic rings.